The van der Waals surface area contributed by atoms with Crippen molar-refractivity contribution < 1.29 is 24.1 Å². The van der Waals surface area contributed by atoms with Crippen LogP contribution in [0.3, 0.4) is 0 Å². The molecule has 1 rings (SSSR count). The topological polar surface area (TPSA) is 65.0 Å². The van der Waals surface area contributed by atoms with Gasteiger partial charge < -0.3 is 19.3 Å². The van der Waals surface area contributed by atoms with Crippen LogP contribution in [0.15, 0.2) is 0 Å². The van der Waals surface area contributed by atoms with Crippen LogP contribution in [-0.2, 0) is 19.0 Å². The molecule has 0 bridgehead atoms. The second kappa shape index (κ2) is 3.38. The van der Waals surface area contributed by atoms with Crippen molar-refractivity contribution in [3.8, 4) is 0 Å². The zero-order chi connectivity index (χ0) is 9.19. The van der Waals surface area contributed by atoms with Crippen LogP contribution in [0.1, 0.15) is 6.42 Å². The number of carboxylic acid groups (broad SMARTS) is 1. The fourth-order valence-electron chi connectivity index (χ4n) is 1.15. The first kappa shape index (κ1) is 9.44. The average molecular weight is 176 g/mol. The van der Waals surface area contributed by atoms with E-state index in [4.69, 9.17) is 19.3 Å². The summed E-state index contributed by atoms with van der Waals surface area (Å²) in [5.74, 6) is -1.85. The maximum Gasteiger partial charge on any atom is 0.333 e. The van der Waals surface area contributed by atoms with Crippen LogP contribution in [0.25, 0.3) is 0 Å². The van der Waals surface area contributed by atoms with Crippen molar-refractivity contribution in [2.24, 2.45) is 0 Å². The Morgan fingerprint density at radius 2 is 2.17 bits per heavy atom. The molecule has 1 unspecified atom stereocenters. The van der Waals surface area contributed by atoms with E-state index in [1.807, 2.05) is 0 Å². The lowest BCUT2D eigenvalue weighted by Crippen LogP contribution is -2.34. The van der Waals surface area contributed by atoms with Gasteiger partial charge in [-0.15, -0.1) is 0 Å². The SMILES string of the molecule is COC1(OC)COC(C(=O)O)C1. The van der Waals surface area contributed by atoms with Gasteiger partial charge >= 0.3 is 5.97 Å². The monoisotopic (exact) mass is 176 g/mol. The molecular formula is C7H12O5. The average Bonchev–Trinajstić information content (AvgIpc) is 2.49. The first-order valence-electron chi connectivity index (χ1n) is 3.58. The number of methoxy groups -OCH3 is 2. The quantitative estimate of drug-likeness (QED) is 0.606. The highest BCUT2D eigenvalue weighted by molar-refractivity contribution is 5.72. The van der Waals surface area contributed by atoms with E-state index in [-0.39, 0.29) is 13.0 Å². The molecule has 1 heterocycles. The molecule has 0 aromatic heterocycles. The maximum atomic E-state index is 10.5. The summed E-state index contributed by atoms with van der Waals surface area (Å²) in [5, 5.41) is 8.60. The number of hydrogen-bond donors (Lipinski definition) is 1. The van der Waals surface area contributed by atoms with Gasteiger partial charge in [-0.2, -0.15) is 0 Å². The molecule has 1 aliphatic heterocycles. The molecule has 0 saturated carbocycles. The zero-order valence-corrected chi connectivity index (χ0v) is 7.07. The minimum absolute atomic E-state index is 0.164. The van der Waals surface area contributed by atoms with Gasteiger partial charge in [0.05, 0.1) is 0 Å². The van der Waals surface area contributed by atoms with Gasteiger partial charge in [-0.1, -0.05) is 0 Å². The van der Waals surface area contributed by atoms with Crippen LogP contribution in [-0.4, -0.2) is 43.8 Å². The molecule has 0 aliphatic carbocycles. The van der Waals surface area contributed by atoms with Crippen LogP contribution in [0.4, 0.5) is 0 Å². The molecule has 1 atom stereocenters. The zero-order valence-electron chi connectivity index (χ0n) is 7.07. The van der Waals surface area contributed by atoms with Crippen molar-refractivity contribution in [3.05, 3.63) is 0 Å². The van der Waals surface area contributed by atoms with Crippen molar-refractivity contribution in [3.63, 3.8) is 0 Å². The Balaban J connectivity index is 2.58. The molecule has 1 saturated heterocycles. The smallest absolute Gasteiger partial charge is 0.333 e. The van der Waals surface area contributed by atoms with Crippen LogP contribution in [0, 0.1) is 0 Å². The van der Waals surface area contributed by atoms with Gasteiger partial charge in [0, 0.05) is 20.6 Å². The predicted molar refractivity (Wildman–Crippen MR) is 38.7 cm³/mol. The molecule has 0 aromatic carbocycles. The highest BCUT2D eigenvalue weighted by Gasteiger charge is 2.43. The van der Waals surface area contributed by atoms with Gasteiger partial charge in [0.2, 0.25) is 0 Å². The Bertz CT molecular complexity index is 175. The van der Waals surface area contributed by atoms with E-state index < -0.39 is 17.9 Å². The van der Waals surface area contributed by atoms with Crippen molar-refractivity contribution in [1.29, 1.82) is 0 Å². The number of ether oxygens (including phenoxy) is 3. The highest BCUT2D eigenvalue weighted by atomic mass is 16.7. The van der Waals surface area contributed by atoms with E-state index in [1.54, 1.807) is 0 Å². The third-order valence-corrected chi connectivity index (χ3v) is 2.02. The molecule has 0 spiro atoms. The van der Waals surface area contributed by atoms with Crippen LogP contribution >= 0.6 is 0 Å². The Morgan fingerprint density at radius 1 is 1.58 bits per heavy atom. The van der Waals surface area contributed by atoms with Crippen LogP contribution in [0.5, 0.6) is 0 Å². The first-order valence-corrected chi connectivity index (χ1v) is 3.58. The Labute approximate surface area is 70.2 Å². The summed E-state index contributed by atoms with van der Waals surface area (Å²) < 4.78 is 15.0. The summed E-state index contributed by atoms with van der Waals surface area (Å²) in [6, 6.07) is 0. The van der Waals surface area contributed by atoms with Gasteiger partial charge in [0.1, 0.15) is 6.61 Å². The van der Waals surface area contributed by atoms with Gasteiger partial charge in [-0.25, -0.2) is 4.79 Å². The number of carboxylic acids is 1. The lowest BCUT2D eigenvalue weighted by Gasteiger charge is -2.23. The van der Waals surface area contributed by atoms with Crippen LogP contribution in [0.2, 0.25) is 0 Å². The number of hydrogen-bond acceptors (Lipinski definition) is 4. The summed E-state index contributed by atoms with van der Waals surface area (Å²) in [6.07, 6.45) is -0.583. The van der Waals surface area contributed by atoms with E-state index in [9.17, 15) is 4.79 Å². The predicted octanol–water partition coefficient (Wildman–Crippen LogP) is -0.151. The van der Waals surface area contributed by atoms with Crippen molar-refractivity contribution in [2.75, 3.05) is 20.8 Å². The first-order chi connectivity index (χ1) is 5.63. The Morgan fingerprint density at radius 3 is 2.42 bits per heavy atom. The molecule has 70 valence electrons. The fourth-order valence-corrected chi connectivity index (χ4v) is 1.15. The van der Waals surface area contributed by atoms with E-state index in [0.717, 1.165) is 0 Å². The molecule has 5 heteroatoms. The summed E-state index contributed by atoms with van der Waals surface area (Å²) in [6.45, 7) is 0.164. The third-order valence-electron chi connectivity index (χ3n) is 2.02. The second-order valence-electron chi connectivity index (χ2n) is 2.66. The van der Waals surface area contributed by atoms with Gasteiger partial charge in [-0.3, -0.25) is 0 Å². The van der Waals surface area contributed by atoms with E-state index in [2.05, 4.69) is 0 Å². The van der Waals surface area contributed by atoms with Crippen LogP contribution < -0.4 is 0 Å². The minimum Gasteiger partial charge on any atom is -0.479 e. The Kier molecular flexibility index (Phi) is 2.66. The van der Waals surface area contributed by atoms with Gasteiger partial charge in [-0.05, 0) is 0 Å². The number of aliphatic carboxylic acids is 1. The largest absolute Gasteiger partial charge is 0.479 e. The number of rotatable bonds is 3. The molecule has 0 radical (unpaired) electrons. The molecule has 1 aliphatic rings. The Hall–Kier alpha value is -0.650. The lowest BCUT2D eigenvalue weighted by molar-refractivity contribution is -0.202. The normalized spacial score (nSPS) is 27.3. The van der Waals surface area contributed by atoms with Gasteiger partial charge in [0.15, 0.2) is 11.9 Å². The fraction of sp³-hybridized carbons (Fsp3) is 0.857. The van der Waals surface area contributed by atoms with Crippen molar-refractivity contribution >= 4 is 5.97 Å². The molecule has 12 heavy (non-hydrogen) atoms. The lowest BCUT2D eigenvalue weighted by atomic mass is 10.1. The molecule has 1 N–H and O–H groups in total. The minimum atomic E-state index is -0.981. The maximum absolute atomic E-state index is 10.5. The third kappa shape index (κ3) is 1.57. The molecule has 1 fully saturated rings. The second-order valence-corrected chi connectivity index (χ2v) is 2.66. The summed E-state index contributed by atoms with van der Waals surface area (Å²) in [7, 11) is 2.94. The number of carbonyl (C=O) groups is 1. The standard InChI is InChI=1S/C7H12O5/c1-10-7(11-2)3-5(6(8)9)12-4-7/h5H,3-4H2,1-2H3,(H,8,9). The summed E-state index contributed by atoms with van der Waals surface area (Å²) >= 11 is 0. The van der Waals surface area contributed by atoms with Crippen molar-refractivity contribution in [1.82, 2.24) is 0 Å². The van der Waals surface area contributed by atoms with E-state index in [1.165, 1.54) is 14.2 Å². The molecule has 0 aromatic rings. The molecule has 0 amide bonds. The molecular weight excluding hydrogens is 164 g/mol. The van der Waals surface area contributed by atoms with E-state index >= 15 is 0 Å². The summed E-state index contributed by atoms with van der Waals surface area (Å²) in [4.78, 5) is 10.5. The van der Waals surface area contributed by atoms with Crippen molar-refractivity contribution in [2.45, 2.75) is 18.3 Å². The van der Waals surface area contributed by atoms with Gasteiger partial charge in [0.25, 0.3) is 0 Å². The van der Waals surface area contributed by atoms with E-state index in [0.29, 0.717) is 0 Å². The molecule has 5 nitrogen and oxygen atoms in total. The summed E-state index contributed by atoms with van der Waals surface area (Å²) in [5.41, 5.74) is 0. The highest BCUT2D eigenvalue weighted by Crippen LogP contribution is 2.27.